The molecule has 2 aromatic rings. The molecule has 0 bridgehead atoms. The first-order valence-corrected chi connectivity index (χ1v) is 7.80. The van der Waals surface area contributed by atoms with Crippen molar-refractivity contribution in [2.45, 2.75) is 66.2 Å². The minimum absolute atomic E-state index is 0.457. The van der Waals surface area contributed by atoms with Gasteiger partial charge in [-0.25, -0.2) is 0 Å². The van der Waals surface area contributed by atoms with E-state index in [4.69, 9.17) is 0 Å². The predicted octanol–water partition coefficient (Wildman–Crippen LogP) is 1.80. The fraction of sp³-hybridized carbons (Fsp3) is 0.667. The van der Waals surface area contributed by atoms with Gasteiger partial charge in [0.2, 0.25) is 0 Å². The summed E-state index contributed by atoms with van der Waals surface area (Å²) < 4.78 is 3.98. The fourth-order valence-corrected chi connectivity index (χ4v) is 2.20. The van der Waals surface area contributed by atoms with Crippen LogP contribution < -0.4 is 5.32 Å². The van der Waals surface area contributed by atoms with Crippen LogP contribution in [-0.2, 0) is 32.5 Å². The molecule has 0 saturated carbocycles. The van der Waals surface area contributed by atoms with E-state index in [2.05, 4.69) is 59.2 Å². The summed E-state index contributed by atoms with van der Waals surface area (Å²) in [6.07, 6.45) is 3.99. The standard InChI is InChI=1S/C15H26N6/c1-5-13-9-15(6-2)21(18-13)8-7-20-11-14(17-19-20)10-16-12(3)4/h9,11-12,16H,5-8,10H2,1-4H3. The molecule has 0 unspecified atom stereocenters. The molecule has 2 rings (SSSR count). The van der Waals surface area contributed by atoms with Crippen molar-refractivity contribution in [1.82, 2.24) is 30.1 Å². The maximum atomic E-state index is 4.62. The zero-order valence-corrected chi connectivity index (χ0v) is 13.5. The molecule has 0 aliphatic carbocycles. The van der Waals surface area contributed by atoms with Gasteiger partial charge in [-0.2, -0.15) is 5.10 Å². The van der Waals surface area contributed by atoms with Crippen molar-refractivity contribution in [2.75, 3.05) is 0 Å². The van der Waals surface area contributed by atoms with Gasteiger partial charge in [-0.15, -0.1) is 5.10 Å². The summed E-state index contributed by atoms with van der Waals surface area (Å²) in [5.41, 5.74) is 3.43. The van der Waals surface area contributed by atoms with Crippen LogP contribution in [0.2, 0.25) is 0 Å². The maximum absolute atomic E-state index is 4.62. The highest BCUT2D eigenvalue weighted by Crippen LogP contribution is 2.07. The zero-order valence-electron chi connectivity index (χ0n) is 13.5. The number of nitrogens with zero attached hydrogens (tertiary/aromatic N) is 5. The van der Waals surface area contributed by atoms with Crippen molar-refractivity contribution in [3.05, 3.63) is 29.3 Å². The Labute approximate surface area is 126 Å². The molecule has 0 fully saturated rings. The zero-order chi connectivity index (χ0) is 15.2. The van der Waals surface area contributed by atoms with Crippen molar-refractivity contribution >= 4 is 0 Å². The Morgan fingerprint density at radius 1 is 1.14 bits per heavy atom. The van der Waals surface area contributed by atoms with Gasteiger partial charge >= 0.3 is 0 Å². The summed E-state index contributed by atoms with van der Waals surface area (Å²) in [6, 6.07) is 2.65. The van der Waals surface area contributed by atoms with Crippen LogP contribution in [0, 0.1) is 0 Å². The molecule has 1 N–H and O–H groups in total. The predicted molar refractivity (Wildman–Crippen MR) is 83.0 cm³/mol. The molecule has 0 aromatic carbocycles. The number of hydrogen-bond donors (Lipinski definition) is 1. The summed E-state index contributed by atoms with van der Waals surface area (Å²) >= 11 is 0. The molecule has 0 radical (unpaired) electrons. The van der Waals surface area contributed by atoms with E-state index in [1.165, 1.54) is 5.69 Å². The number of aryl methyl sites for hydroxylation is 4. The molecule has 6 heteroatoms. The second-order valence-corrected chi connectivity index (χ2v) is 5.57. The fourth-order valence-electron chi connectivity index (χ4n) is 2.20. The van der Waals surface area contributed by atoms with Gasteiger partial charge in [0.25, 0.3) is 0 Å². The molecule has 2 heterocycles. The summed E-state index contributed by atoms with van der Waals surface area (Å²) in [4.78, 5) is 0. The lowest BCUT2D eigenvalue weighted by atomic mass is 10.3. The van der Waals surface area contributed by atoms with E-state index < -0.39 is 0 Å². The number of nitrogens with one attached hydrogen (secondary N) is 1. The van der Waals surface area contributed by atoms with Crippen LogP contribution >= 0.6 is 0 Å². The molecular weight excluding hydrogens is 264 g/mol. The molecule has 2 aromatic heterocycles. The molecule has 0 atom stereocenters. The van der Waals surface area contributed by atoms with E-state index >= 15 is 0 Å². The summed E-state index contributed by atoms with van der Waals surface area (Å²) in [6.45, 7) is 10.9. The lowest BCUT2D eigenvalue weighted by Crippen LogP contribution is -2.21. The van der Waals surface area contributed by atoms with E-state index in [1.807, 2.05) is 10.9 Å². The van der Waals surface area contributed by atoms with E-state index in [9.17, 15) is 0 Å². The lowest BCUT2D eigenvalue weighted by molar-refractivity contribution is 0.477. The van der Waals surface area contributed by atoms with E-state index in [-0.39, 0.29) is 0 Å². The number of hydrogen-bond acceptors (Lipinski definition) is 4. The third-order valence-electron chi connectivity index (χ3n) is 3.46. The van der Waals surface area contributed by atoms with Gasteiger partial charge in [0, 0.05) is 24.5 Å². The van der Waals surface area contributed by atoms with Crippen LogP contribution in [0.3, 0.4) is 0 Å². The highest BCUT2D eigenvalue weighted by molar-refractivity contribution is 5.10. The first-order chi connectivity index (χ1) is 10.1. The highest BCUT2D eigenvalue weighted by Gasteiger charge is 2.06. The van der Waals surface area contributed by atoms with Gasteiger partial charge in [-0.1, -0.05) is 32.9 Å². The van der Waals surface area contributed by atoms with Crippen molar-refractivity contribution < 1.29 is 0 Å². The van der Waals surface area contributed by atoms with Crippen LogP contribution in [-0.4, -0.2) is 30.8 Å². The SMILES string of the molecule is CCc1cc(CC)n(CCn2cc(CNC(C)C)nn2)n1. The molecule has 0 aliphatic rings. The maximum Gasteiger partial charge on any atom is 0.0964 e. The number of aromatic nitrogens is 5. The van der Waals surface area contributed by atoms with Crippen LogP contribution in [0.4, 0.5) is 0 Å². The third-order valence-corrected chi connectivity index (χ3v) is 3.46. The third kappa shape index (κ3) is 4.39. The van der Waals surface area contributed by atoms with Gasteiger partial charge in [0.15, 0.2) is 0 Å². The molecule has 21 heavy (non-hydrogen) atoms. The minimum Gasteiger partial charge on any atom is -0.309 e. The molecule has 0 aliphatic heterocycles. The van der Waals surface area contributed by atoms with E-state index in [0.29, 0.717) is 6.04 Å². The average Bonchev–Trinajstić information content (AvgIpc) is 3.09. The second kappa shape index (κ2) is 7.36. The monoisotopic (exact) mass is 290 g/mol. The van der Waals surface area contributed by atoms with Crippen LogP contribution in [0.25, 0.3) is 0 Å². The Balaban J connectivity index is 1.92. The number of rotatable bonds is 8. The Kier molecular flexibility index (Phi) is 5.50. The first-order valence-electron chi connectivity index (χ1n) is 7.80. The summed E-state index contributed by atoms with van der Waals surface area (Å²) in [5.74, 6) is 0. The highest BCUT2D eigenvalue weighted by atomic mass is 15.4. The largest absolute Gasteiger partial charge is 0.309 e. The summed E-state index contributed by atoms with van der Waals surface area (Å²) in [7, 11) is 0. The van der Waals surface area contributed by atoms with E-state index in [1.54, 1.807) is 0 Å². The van der Waals surface area contributed by atoms with Crippen molar-refractivity contribution in [3.63, 3.8) is 0 Å². The molecule has 0 saturated heterocycles. The van der Waals surface area contributed by atoms with E-state index in [0.717, 1.165) is 43.9 Å². The first kappa shape index (κ1) is 15.7. The van der Waals surface area contributed by atoms with Gasteiger partial charge in [-0.05, 0) is 18.9 Å². The van der Waals surface area contributed by atoms with Crippen LogP contribution in [0.5, 0.6) is 0 Å². The Hall–Kier alpha value is -1.69. The summed E-state index contributed by atoms with van der Waals surface area (Å²) in [5, 5.41) is 16.3. The molecular formula is C15H26N6. The Morgan fingerprint density at radius 2 is 1.95 bits per heavy atom. The van der Waals surface area contributed by atoms with Gasteiger partial charge in [-0.3, -0.25) is 9.36 Å². The normalized spacial score (nSPS) is 11.5. The van der Waals surface area contributed by atoms with Gasteiger partial charge in [0.1, 0.15) is 0 Å². The van der Waals surface area contributed by atoms with Crippen LogP contribution in [0.15, 0.2) is 12.3 Å². The Bertz CT molecular complexity index is 554. The van der Waals surface area contributed by atoms with Crippen LogP contribution in [0.1, 0.15) is 44.8 Å². The van der Waals surface area contributed by atoms with Crippen molar-refractivity contribution in [1.29, 1.82) is 0 Å². The van der Waals surface area contributed by atoms with Gasteiger partial charge < -0.3 is 5.32 Å². The Morgan fingerprint density at radius 3 is 2.62 bits per heavy atom. The molecule has 0 amide bonds. The van der Waals surface area contributed by atoms with Gasteiger partial charge in [0.05, 0.1) is 24.5 Å². The minimum atomic E-state index is 0.457. The lowest BCUT2D eigenvalue weighted by Gasteiger charge is -2.05. The average molecular weight is 290 g/mol. The van der Waals surface area contributed by atoms with Crippen molar-refractivity contribution in [3.8, 4) is 0 Å². The molecule has 116 valence electrons. The van der Waals surface area contributed by atoms with Crippen molar-refractivity contribution in [2.24, 2.45) is 0 Å². The smallest absolute Gasteiger partial charge is 0.0964 e. The molecule has 6 nitrogen and oxygen atoms in total. The topological polar surface area (TPSA) is 60.6 Å². The quantitative estimate of drug-likeness (QED) is 0.805. The second-order valence-electron chi connectivity index (χ2n) is 5.57. The molecule has 0 spiro atoms.